The molecule has 0 aromatic rings. The minimum atomic E-state index is 0.432. The van der Waals surface area contributed by atoms with Gasteiger partial charge in [-0.05, 0) is 0 Å². The third-order valence-electron chi connectivity index (χ3n) is 0.814. The highest BCUT2D eigenvalue weighted by Crippen LogP contribution is 2.15. The van der Waals surface area contributed by atoms with E-state index in [-0.39, 0.29) is 0 Å². The quantitative estimate of drug-likeness (QED) is 0.454. The first-order valence-electron chi connectivity index (χ1n) is 2.33. The predicted octanol–water partition coefficient (Wildman–Crippen LogP) is 0.362. The van der Waals surface area contributed by atoms with E-state index in [1.807, 2.05) is 0 Å². The molecule has 1 unspecified atom stereocenters. The number of nitrogens with two attached hydrogens (primary N) is 1. The first-order valence-corrected chi connectivity index (χ1v) is 3.72. The van der Waals surface area contributed by atoms with Crippen molar-refractivity contribution in [2.75, 3.05) is 12.4 Å². The second kappa shape index (κ2) is 2.66. The molecule has 0 aromatic heterocycles. The van der Waals surface area contributed by atoms with E-state index in [1.54, 1.807) is 0 Å². The smallest absolute Gasteiger partial charge is 0.131 e. The summed E-state index contributed by atoms with van der Waals surface area (Å²) in [6, 6.07) is 0. The maximum atomic E-state index is 5.21. The van der Waals surface area contributed by atoms with Crippen LogP contribution in [0.5, 0.6) is 0 Å². The minimum absolute atomic E-state index is 0.432. The van der Waals surface area contributed by atoms with Crippen LogP contribution in [0.2, 0.25) is 0 Å². The molecule has 0 saturated carbocycles. The van der Waals surface area contributed by atoms with E-state index < -0.39 is 0 Å². The molecule has 46 valence electrons. The number of thioether (sulfide) groups is 1. The van der Waals surface area contributed by atoms with Gasteiger partial charge in [0.25, 0.3) is 0 Å². The molecule has 8 heavy (non-hydrogen) atoms. The van der Waals surface area contributed by atoms with Gasteiger partial charge in [-0.1, -0.05) is 24.0 Å². The molecule has 1 atom stereocenters. The summed E-state index contributed by atoms with van der Waals surface area (Å²) in [5.41, 5.74) is 5.21. The highest BCUT2D eigenvalue weighted by atomic mass is 32.2. The lowest BCUT2D eigenvalue weighted by Gasteiger charge is -1.90. The fourth-order valence-corrected chi connectivity index (χ4v) is 1.09. The van der Waals surface area contributed by atoms with Gasteiger partial charge >= 0.3 is 0 Å². The Morgan fingerprint density at radius 1 is 2.00 bits per heavy atom. The summed E-state index contributed by atoms with van der Waals surface area (Å²) in [6.45, 7) is 0.885. The van der Waals surface area contributed by atoms with Crippen LogP contribution in [0.25, 0.3) is 0 Å². The highest BCUT2D eigenvalue weighted by Gasteiger charge is 2.21. The van der Waals surface area contributed by atoms with Crippen LogP contribution in [0, 0.1) is 0 Å². The van der Waals surface area contributed by atoms with Gasteiger partial charge in [0.05, 0.1) is 12.7 Å². The summed E-state index contributed by atoms with van der Waals surface area (Å²) in [5, 5.41) is 0. The Bertz CT molecular complexity index is 102. The molecule has 4 heteroatoms. The number of rotatable bonds is 2. The Hall–Kier alpha value is 0.200. The van der Waals surface area contributed by atoms with E-state index in [4.69, 9.17) is 10.5 Å². The fraction of sp³-hybridized carbons (Fsp3) is 0.750. The van der Waals surface area contributed by atoms with Gasteiger partial charge in [0.1, 0.15) is 4.32 Å². The van der Waals surface area contributed by atoms with E-state index in [0.29, 0.717) is 10.4 Å². The van der Waals surface area contributed by atoms with Crippen LogP contribution in [0.4, 0.5) is 0 Å². The van der Waals surface area contributed by atoms with Crippen molar-refractivity contribution < 1.29 is 4.74 Å². The lowest BCUT2D eigenvalue weighted by molar-refractivity contribution is 0.426. The molecule has 1 fully saturated rings. The topological polar surface area (TPSA) is 38.5 Å². The molecule has 1 aliphatic heterocycles. The molecular formula is C4H7NOS2. The average Bonchev–Trinajstić information content (AvgIpc) is 2.41. The molecule has 0 aliphatic carbocycles. The molecule has 0 radical (unpaired) electrons. The molecule has 0 bridgehead atoms. The lowest BCUT2D eigenvalue weighted by Crippen LogP contribution is -2.04. The second-order valence-electron chi connectivity index (χ2n) is 1.59. The molecule has 1 rings (SSSR count). The molecule has 0 spiro atoms. The molecule has 0 amide bonds. The zero-order valence-corrected chi connectivity index (χ0v) is 5.93. The number of hydrogen-bond acceptors (Lipinski definition) is 3. The van der Waals surface area contributed by atoms with Crippen LogP contribution < -0.4 is 5.73 Å². The van der Waals surface area contributed by atoms with Gasteiger partial charge in [0, 0.05) is 5.75 Å². The first kappa shape index (κ1) is 6.32. The van der Waals surface area contributed by atoms with Crippen molar-refractivity contribution >= 4 is 28.3 Å². The van der Waals surface area contributed by atoms with E-state index in [1.165, 1.54) is 11.8 Å². The summed E-state index contributed by atoms with van der Waals surface area (Å²) in [6.07, 6.45) is 0.432. The zero-order chi connectivity index (χ0) is 5.98. The van der Waals surface area contributed by atoms with Gasteiger partial charge in [-0.15, -0.1) is 0 Å². The van der Waals surface area contributed by atoms with Crippen LogP contribution in [-0.4, -0.2) is 22.8 Å². The molecule has 1 aliphatic rings. The zero-order valence-electron chi connectivity index (χ0n) is 4.29. The van der Waals surface area contributed by atoms with E-state index in [0.717, 1.165) is 12.4 Å². The van der Waals surface area contributed by atoms with Crippen molar-refractivity contribution in [1.29, 1.82) is 0 Å². The van der Waals surface area contributed by atoms with Gasteiger partial charge in [0.2, 0.25) is 0 Å². The first-order chi connectivity index (χ1) is 3.79. The van der Waals surface area contributed by atoms with E-state index in [2.05, 4.69) is 12.2 Å². The van der Waals surface area contributed by atoms with Crippen LogP contribution in [0.3, 0.4) is 0 Å². The summed E-state index contributed by atoms with van der Waals surface area (Å²) < 4.78 is 5.44. The van der Waals surface area contributed by atoms with Crippen molar-refractivity contribution in [3.8, 4) is 0 Å². The highest BCUT2D eigenvalue weighted by molar-refractivity contribution is 8.22. The van der Waals surface area contributed by atoms with Crippen LogP contribution in [-0.2, 0) is 4.74 Å². The summed E-state index contributed by atoms with van der Waals surface area (Å²) >= 11 is 6.11. The molecule has 2 N–H and O–H groups in total. The predicted molar refractivity (Wildman–Crippen MR) is 39.0 cm³/mol. The molecular weight excluding hydrogens is 142 g/mol. The Kier molecular flexibility index (Phi) is 2.10. The number of hydrogen-bond donors (Lipinski definition) is 1. The monoisotopic (exact) mass is 149 g/mol. The largest absolute Gasteiger partial charge is 0.385 e. The average molecular weight is 149 g/mol. The maximum absolute atomic E-state index is 5.21. The second-order valence-corrected chi connectivity index (χ2v) is 3.35. The van der Waals surface area contributed by atoms with Gasteiger partial charge in [-0.25, -0.2) is 0 Å². The van der Waals surface area contributed by atoms with Crippen molar-refractivity contribution in [1.82, 2.24) is 0 Å². The van der Waals surface area contributed by atoms with Crippen LogP contribution in [0.15, 0.2) is 0 Å². The van der Waals surface area contributed by atoms with Crippen molar-refractivity contribution in [3.63, 3.8) is 0 Å². The standard InChI is InChI=1S/C4H7NOS2/c5-4(7)8-2-3-1-6-3/h3H,1-2H2,(H2,5,7). The Labute approximate surface area is 57.8 Å². The van der Waals surface area contributed by atoms with Crippen LogP contribution >= 0.6 is 24.0 Å². The summed E-state index contributed by atoms with van der Waals surface area (Å²) in [4.78, 5) is 0. The van der Waals surface area contributed by atoms with Crippen molar-refractivity contribution in [2.45, 2.75) is 6.10 Å². The SMILES string of the molecule is NC(=S)SCC1CO1. The Morgan fingerprint density at radius 2 is 2.62 bits per heavy atom. The minimum Gasteiger partial charge on any atom is -0.385 e. The van der Waals surface area contributed by atoms with E-state index >= 15 is 0 Å². The molecule has 1 heterocycles. The summed E-state index contributed by atoms with van der Waals surface area (Å²) in [5.74, 6) is 0.926. The van der Waals surface area contributed by atoms with Crippen molar-refractivity contribution in [2.24, 2.45) is 5.73 Å². The Balaban J connectivity index is 1.95. The lowest BCUT2D eigenvalue weighted by atomic mass is 10.6. The van der Waals surface area contributed by atoms with Gasteiger partial charge in [-0.3, -0.25) is 0 Å². The number of thiocarbonyl (C=S) groups is 1. The Morgan fingerprint density at radius 3 is 3.00 bits per heavy atom. The maximum Gasteiger partial charge on any atom is 0.131 e. The van der Waals surface area contributed by atoms with E-state index in [9.17, 15) is 0 Å². The van der Waals surface area contributed by atoms with Gasteiger partial charge < -0.3 is 10.5 Å². The third-order valence-corrected chi connectivity index (χ3v) is 1.99. The molecule has 0 aromatic carbocycles. The van der Waals surface area contributed by atoms with Crippen LogP contribution in [0.1, 0.15) is 0 Å². The number of ether oxygens (including phenoxy) is 1. The number of epoxide rings is 1. The normalized spacial score (nSPS) is 25.2. The molecule has 1 saturated heterocycles. The molecule has 2 nitrogen and oxygen atoms in total. The van der Waals surface area contributed by atoms with Gasteiger partial charge in [-0.2, -0.15) is 0 Å². The summed E-state index contributed by atoms with van der Waals surface area (Å²) in [7, 11) is 0. The third kappa shape index (κ3) is 2.49. The van der Waals surface area contributed by atoms with Gasteiger partial charge in [0.15, 0.2) is 0 Å². The fourth-order valence-electron chi connectivity index (χ4n) is 0.339. The van der Waals surface area contributed by atoms with Crippen molar-refractivity contribution in [3.05, 3.63) is 0 Å².